The van der Waals surface area contributed by atoms with Gasteiger partial charge in [-0.1, -0.05) is 48.5 Å². The molecule has 0 atom stereocenters. The lowest BCUT2D eigenvalue weighted by Crippen LogP contribution is -2.12. The average Bonchev–Trinajstić information content (AvgIpc) is 2.47. The summed E-state index contributed by atoms with van der Waals surface area (Å²) < 4.78 is 10.2. The third-order valence-corrected chi connectivity index (χ3v) is 2.96. The maximum Gasteiger partial charge on any atom is 0.513 e. The van der Waals surface area contributed by atoms with E-state index in [1.165, 1.54) is 5.56 Å². The van der Waals surface area contributed by atoms with Gasteiger partial charge in [0.2, 0.25) is 0 Å². The van der Waals surface area contributed by atoms with Gasteiger partial charge >= 0.3 is 6.16 Å². The molecule has 0 amide bonds. The maximum atomic E-state index is 11.5. The van der Waals surface area contributed by atoms with Crippen molar-refractivity contribution in [1.29, 1.82) is 0 Å². The van der Waals surface area contributed by atoms with Gasteiger partial charge in [-0.2, -0.15) is 0 Å². The topological polar surface area (TPSA) is 35.5 Å². The van der Waals surface area contributed by atoms with Crippen molar-refractivity contribution < 1.29 is 14.3 Å². The summed E-state index contributed by atoms with van der Waals surface area (Å²) in [5, 5.41) is 0. The van der Waals surface area contributed by atoms with Crippen molar-refractivity contribution in [3.63, 3.8) is 0 Å². The van der Waals surface area contributed by atoms with Gasteiger partial charge in [-0.15, -0.1) is 0 Å². The molecule has 20 heavy (non-hydrogen) atoms. The number of ether oxygens (including phenoxy) is 2. The molecule has 0 heterocycles. The number of benzene rings is 2. The lowest BCUT2D eigenvalue weighted by molar-refractivity contribution is 0.0978. The van der Waals surface area contributed by atoms with Crippen molar-refractivity contribution in [3.8, 4) is 5.75 Å². The van der Waals surface area contributed by atoms with Crippen LogP contribution in [0.25, 0.3) is 0 Å². The first kappa shape index (κ1) is 14.1. The Balaban J connectivity index is 1.69. The van der Waals surface area contributed by atoms with Gasteiger partial charge in [0.15, 0.2) is 0 Å². The van der Waals surface area contributed by atoms with Crippen molar-refractivity contribution in [2.24, 2.45) is 0 Å². The highest BCUT2D eigenvalue weighted by atomic mass is 16.7. The molecule has 0 saturated heterocycles. The Morgan fingerprint density at radius 1 is 1.00 bits per heavy atom. The van der Waals surface area contributed by atoms with Crippen molar-refractivity contribution in [2.75, 3.05) is 6.61 Å². The predicted octanol–water partition coefficient (Wildman–Crippen LogP) is 4.14. The Hall–Kier alpha value is -2.29. The van der Waals surface area contributed by atoms with E-state index in [0.717, 1.165) is 18.4 Å². The second-order valence-corrected chi connectivity index (χ2v) is 4.56. The van der Waals surface area contributed by atoms with Gasteiger partial charge < -0.3 is 9.47 Å². The number of para-hydroxylation sites is 1. The minimum atomic E-state index is -0.646. The quantitative estimate of drug-likeness (QED) is 0.465. The average molecular weight is 270 g/mol. The molecule has 0 fully saturated rings. The lowest BCUT2D eigenvalue weighted by Gasteiger charge is -2.07. The second kappa shape index (κ2) is 7.34. The summed E-state index contributed by atoms with van der Waals surface area (Å²) in [6.07, 6.45) is 1.03. The van der Waals surface area contributed by atoms with E-state index in [1.807, 2.05) is 43.3 Å². The van der Waals surface area contributed by atoms with E-state index in [4.69, 9.17) is 9.47 Å². The van der Waals surface area contributed by atoms with Crippen LogP contribution >= 0.6 is 0 Å². The molecule has 0 aliphatic carbocycles. The molecule has 0 aromatic heterocycles. The van der Waals surface area contributed by atoms with Gasteiger partial charge in [-0.05, 0) is 37.0 Å². The van der Waals surface area contributed by atoms with Gasteiger partial charge in [-0.25, -0.2) is 4.79 Å². The highest BCUT2D eigenvalue weighted by Gasteiger charge is 2.07. The van der Waals surface area contributed by atoms with Crippen molar-refractivity contribution in [3.05, 3.63) is 65.7 Å². The molecule has 0 radical (unpaired) electrons. The van der Waals surface area contributed by atoms with Gasteiger partial charge in [-0.3, -0.25) is 0 Å². The standard InChI is InChI=1S/C17H18O3/c1-14-8-5-6-12-16(14)20-17(18)19-13-7-11-15-9-3-2-4-10-15/h2-6,8-10,12H,7,11,13H2,1H3. The number of carbonyl (C=O) groups excluding carboxylic acids is 1. The Morgan fingerprint density at radius 3 is 2.45 bits per heavy atom. The molecule has 0 N–H and O–H groups in total. The van der Waals surface area contributed by atoms with E-state index >= 15 is 0 Å². The molecule has 3 nitrogen and oxygen atoms in total. The minimum Gasteiger partial charge on any atom is -0.434 e. The Bertz CT molecular complexity index is 549. The van der Waals surface area contributed by atoms with Crippen LogP contribution in [-0.2, 0) is 11.2 Å². The van der Waals surface area contributed by atoms with E-state index in [1.54, 1.807) is 6.07 Å². The van der Waals surface area contributed by atoms with Crippen molar-refractivity contribution in [2.45, 2.75) is 19.8 Å². The normalized spacial score (nSPS) is 10.1. The monoisotopic (exact) mass is 270 g/mol. The summed E-state index contributed by atoms with van der Waals surface area (Å²) in [5.74, 6) is 0.542. The fourth-order valence-electron chi connectivity index (χ4n) is 1.87. The summed E-state index contributed by atoms with van der Waals surface area (Å²) in [5.41, 5.74) is 2.15. The molecule has 0 saturated carbocycles. The summed E-state index contributed by atoms with van der Waals surface area (Å²) >= 11 is 0. The van der Waals surface area contributed by atoms with E-state index in [2.05, 4.69) is 12.1 Å². The molecule has 2 aromatic carbocycles. The molecule has 0 spiro atoms. The van der Waals surface area contributed by atoms with Crippen LogP contribution in [-0.4, -0.2) is 12.8 Å². The second-order valence-electron chi connectivity index (χ2n) is 4.56. The fourth-order valence-corrected chi connectivity index (χ4v) is 1.87. The van der Waals surface area contributed by atoms with Crippen LogP contribution in [0.4, 0.5) is 4.79 Å². The molecular weight excluding hydrogens is 252 g/mol. The maximum absolute atomic E-state index is 11.5. The van der Waals surface area contributed by atoms with Crippen LogP contribution in [0.1, 0.15) is 17.5 Å². The molecule has 104 valence electrons. The summed E-state index contributed by atoms with van der Waals surface area (Å²) in [6, 6.07) is 17.5. The van der Waals surface area contributed by atoms with Crippen LogP contribution in [0, 0.1) is 6.92 Å². The zero-order valence-corrected chi connectivity index (χ0v) is 11.5. The summed E-state index contributed by atoms with van der Waals surface area (Å²) in [4.78, 5) is 11.5. The third-order valence-electron chi connectivity index (χ3n) is 2.96. The van der Waals surface area contributed by atoms with Crippen molar-refractivity contribution >= 4 is 6.16 Å². The van der Waals surface area contributed by atoms with Gasteiger partial charge in [0, 0.05) is 0 Å². The van der Waals surface area contributed by atoms with Gasteiger partial charge in [0.05, 0.1) is 6.61 Å². The Labute approximate surface area is 119 Å². The van der Waals surface area contributed by atoms with E-state index in [-0.39, 0.29) is 0 Å². The molecule has 0 aliphatic heterocycles. The first-order valence-electron chi connectivity index (χ1n) is 6.70. The third kappa shape index (κ3) is 4.43. The number of aryl methyl sites for hydroxylation is 2. The highest BCUT2D eigenvalue weighted by molar-refractivity contribution is 5.64. The van der Waals surface area contributed by atoms with Crippen LogP contribution < -0.4 is 4.74 Å². The zero-order chi connectivity index (χ0) is 14.2. The molecule has 0 bridgehead atoms. The highest BCUT2D eigenvalue weighted by Crippen LogP contribution is 2.16. The Kier molecular flexibility index (Phi) is 5.18. The van der Waals surface area contributed by atoms with E-state index in [9.17, 15) is 4.79 Å². The number of carbonyl (C=O) groups is 1. The van der Waals surface area contributed by atoms with Crippen LogP contribution in [0.15, 0.2) is 54.6 Å². The number of rotatable bonds is 5. The van der Waals surface area contributed by atoms with E-state index < -0.39 is 6.16 Å². The lowest BCUT2D eigenvalue weighted by atomic mass is 10.1. The SMILES string of the molecule is Cc1ccccc1OC(=O)OCCCc1ccccc1. The van der Waals surface area contributed by atoms with Gasteiger partial charge in [0.1, 0.15) is 5.75 Å². The van der Waals surface area contributed by atoms with Crippen LogP contribution in [0.2, 0.25) is 0 Å². The summed E-state index contributed by atoms with van der Waals surface area (Å²) in [6.45, 7) is 2.25. The molecular formula is C17H18O3. The fraction of sp³-hybridized carbons (Fsp3) is 0.235. The Morgan fingerprint density at radius 2 is 1.70 bits per heavy atom. The number of hydrogen-bond donors (Lipinski definition) is 0. The van der Waals surface area contributed by atoms with Crippen LogP contribution in [0.5, 0.6) is 5.75 Å². The molecule has 0 aliphatic rings. The largest absolute Gasteiger partial charge is 0.513 e. The molecule has 0 unspecified atom stereocenters. The zero-order valence-electron chi connectivity index (χ0n) is 11.5. The summed E-state index contributed by atoms with van der Waals surface area (Å²) in [7, 11) is 0. The minimum absolute atomic E-state index is 0.361. The first-order valence-corrected chi connectivity index (χ1v) is 6.70. The van der Waals surface area contributed by atoms with Crippen LogP contribution in [0.3, 0.4) is 0 Å². The first-order chi connectivity index (χ1) is 9.75. The molecule has 3 heteroatoms. The van der Waals surface area contributed by atoms with E-state index in [0.29, 0.717) is 12.4 Å². The van der Waals surface area contributed by atoms with Gasteiger partial charge in [0.25, 0.3) is 0 Å². The predicted molar refractivity (Wildman–Crippen MR) is 77.9 cm³/mol. The van der Waals surface area contributed by atoms with Crippen molar-refractivity contribution in [1.82, 2.24) is 0 Å². The molecule has 2 aromatic rings. The smallest absolute Gasteiger partial charge is 0.434 e. The number of hydrogen-bond acceptors (Lipinski definition) is 3. The molecule has 2 rings (SSSR count).